The zero-order valence-electron chi connectivity index (χ0n) is 12.2. The second-order valence-electron chi connectivity index (χ2n) is 4.90. The summed E-state index contributed by atoms with van der Waals surface area (Å²) in [7, 11) is 0. The van der Waals surface area contributed by atoms with Gasteiger partial charge in [0.1, 0.15) is 4.88 Å². The van der Waals surface area contributed by atoms with Gasteiger partial charge in [-0.3, -0.25) is 0 Å². The largest absolute Gasteiger partial charge is 0.462 e. The Balaban J connectivity index is 2.53. The Labute approximate surface area is 123 Å². The highest BCUT2D eigenvalue weighted by molar-refractivity contribution is 7.18. The molecule has 1 aromatic carbocycles. The van der Waals surface area contributed by atoms with Crippen LogP contribution >= 0.6 is 11.3 Å². The van der Waals surface area contributed by atoms with Gasteiger partial charge in [-0.2, -0.15) is 0 Å². The van der Waals surface area contributed by atoms with Crippen molar-refractivity contribution in [1.82, 2.24) is 0 Å². The lowest BCUT2D eigenvalue weighted by Crippen LogP contribution is -2.05. The highest BCUT2D eigenvalue weighted by Gasteiger charge is 2.20. The second kappa shape index (κ2) is 5.67. The lowest BCUT2D eigenvalue weighted by atomic mass is 10.0. The van der Waals surface area contributed by atoms with E-state index >= 15 is 0 Å². The molecule has 4 heteroatoms. The summed E-state index contributed by atoms with van der Waals surface area (Å²) in [5, 5.41) is 0. The van der Waals surface area contributed by atoms with Crippen LogP contribution in [0.25, 0.3) is 10.4 Å². The van der Waals surface area contributed by atoms with Crippen LogP contribution in [0.1, 0.15) is 33.3 Å². The molecule has 106 valence electrons. The molecule has 0 bridgehead atoms. The van der Waals surface area contributed by atoms with Crippen molar-refractivity contribution < 1.29 is 9.53 Å². The first-order valence-corrected chi connectivity index (χ1v) is 7.40. The van der Waals surface area contributed by atoms with Gasteiger partial charge in [-0.25, -0.2) is 4.79 Å². The predicted molar refractivity (Wildman–Crippen MR) is 84.3 cm³/mol. The number of aryl methyl sites for hydroxylation is 2. The number of ether oxygens (including phenoxy) is 1. The zero-order chi connectivity index (χ0) is 14.9. The molecular formula is C16H19NO2S. The Bertz CT molecular complexity index is 638. The summed E-state index contributed by atoms with van der Waals surface area (Å²) in [6.07, 6.45) is 0. The lowest BCUT2D eigenvalue weighted by molar-refractivity contribution is 0.0533. The quantitative estimate of drug-likeness (QED) is 0.865. The van der Waals surface area contributed by atoms with Crippen LogP contribution in [0.3, 0.4) is 0 Å². The smallest absolute Gasteiger partial charge is 0.350 e. The van der Waals surface area contributed by atoms with Crippen molar-refractivity contribution in [1.29, 1.82) is 0 Å². The minimum Gasteiger partial charge on any atom is -0.462 e. The molecule has 1 aromatic heterocycles. The van der Waals surface area contributed by atoms with Crippen LogP contribution in [0.15, 0.2) is 18.2 Å². The molecule has 1 heterocycles. The van der Waals surface area contributed by atoms with Gasteiger partial charge in [0.25, 0.3) is 0 Å². The van der Waals surface area contributed by atoms with Crippen LogP contribution in [0, 0.1) is 20.8 Å². The average molecular weight is 289 g/mol. The summed E-state index contributed by atoms with van der Waals surface area (Å²) < 4.78 is 5.05. The van der Waals surface area contributed by atoms with Crippen LogP contribution in [0.4, 0.5) is 5.69 Å². The molecule has 2 N–H and O–H groups in total. The molecule has 2 rings (SSSR count). The number of benzene rings is 1. The fourth-order valence-corrected chi connectivity index (χ4v) is 3.36. The first-order valence-electron chi connectivity index (χ1n) is 6.58. The molecule has 0 radical (unpaired) electrons. The highest BCUT2D eigenvalue weighted by atomic mass is 32.1. The molecular weight excluding hydrogens is 270 g/mol. The number of nitrogen functional groups attached to an aromatic ring is 1. The number of nitrogens with two attached hydrogens (primary N) is 1. The first kappa shape index (κ1) is 14.6. The molecule has 0 atom stereocenters. The van der Waals surface area contributed by atoms with E-state index in [-0.39, 0.29) is 5.97 Å². The molecule has 0 unspecified atom stereocenters. The Hall–Kier alpha value is -1.81. The van der Waals surface area contributed by atoms with Crippen LogP contribution in [-0.2, 0) is 4.74 Å². The summed E-state index contributed by atoms with van der Waals surface area (Å²) in [6.45, 7) is 8.22. The first-order chi connectivity index (χ1) is 9.43. The van der Waals surface area contributed by atoms with Gasteiger partial charge in [0.15, 0.2) is 0 Å². The molecule has 0 fully saturated rings. The van der Waals surface area contributed by atoms with Crippen LogP contribution < -0.4 is 5.73 Å². The van der Waals surface area contributed by atoms with Crippen molar-refractivity contribution in [2.75, 3.05) is 12.3 Å². The van der Waals surface area contributed by atoms with E-state index in [4.69, 9.17) is 10.5 Å². The Morgan fingerprint density at radius 1 is 1.20 bits per heavy atom. The van der Waals surface area contributed by atoms with E-state index < -0.39 is 0 Å². The fraction of sp³-hybridized carbons (Fsp3) is 0.312. The summed E-state index contributed by atoms with van der Waals surface area (Å²) >= 11 is 1.41. The minimum absolute atomic E-state index is 0.339. The van der Waals surface area contributed by atoms with Crippen molar-refractivity contribution in [2.45, 2.75) is 27.7 Å². The third-order valence-corrected chi connectivity index (χ3v) is 4.47. The van der Waals surface area contributed by atoms with Crippen molar-refractivity contribution in [3.8, 4) is 10.4 Å². The molecule has 0 aliphatic rings. The molecule has 0 aliphatic heterocycles. The third-order valence-electron chi connectivity index (χ3n) is 3.14. The number of anilines is 1. The van der Waals surface area contributed by atoms with Gasteiger partial charge in [0.05, 0.1) is 12.3 Å². The molecule has 3 nitrogen and oxygen atoms in total. The number of hydrogen-bond acceptors (Lipinski definition) is 4. The van der Waals surface area contributed by atoms with E-state index in [1.807, 2.05) is 6.92 Å². The van der Waals surface area contributed by atoms with Crippen LogP contribution in [0.5, 0.6) is 0 Å². The van der Waals surface area contributed by atoms with E-state index in [0.717, 1.165) is 16.0 Å². The Kier molecular flexibility index (Phi) is 4.14. The molecule has 20 heavy (non-hydrogen) atoms. The molecule has 0 amide bonds. The topological polar surface area (TPSA) is 52.3 Å². The van der Waals surface area contributed by atoms with Gasteiger partial charge in [-0.1, -0.05) is 29.3 Å². The van der Waals surface area contributed by atoms with E-state index in [1.54, 1.807) is 6.92 Å². The number of rotatable bonds is 3. The Morgan fingerprint density at radius 2 is 1.80 bits per heavy atom. The van der Waals surface area contributed by atoms with E-state index in [2.05, 4.69) is 32.0 Å². The summed E-state index contributed by atoms with van der Waals surface area (Å²) in [5.74, 6) is -0.339. The van der Waals surface area contributed by atoms with Gasteiger partial charge >= 0.3 is 5.97 Å². The van der Waals surface area contributed by atoms with Crippen molar-refractivity contribution in [3.05, 3.63) is 39.8 Å². The number of esters is 1. The standard InChI is InChI=1S/C16H19NO2S/c1-5-19-16(18)15-13(17)11(4)14(20-15)12-7-9(2)6-10(3)8-12/h6-8H,5,17H2,1-4H3. The number of carbonyl (C=O) groups is 1. The summed E-state index contributed by atoms with van der Waals surface area (Å²) in [6, 6.07) is 6.35. The van der Waals surface area contributed by atoms with Gasteiger partial charge in [0.2, 0.25) is 0 Å². The van der Waals surface area contributed by atoms with Gasteiger partial charge in [-0.05, 0) is 38.8 Å². The maximum atomic E-state index is 11.9. The maximum absolute atomic E-state index is 11.9. The number of thiophene rings is 1. The molecule has 2 aromatic rings. The second-order valence-corrected chi connectivity index (χ2v) is 5.92. The van der Waals surface area contributed by atoms with Crippen LogP contribution in [0.2, 0.25) is 0 Å². The van der Waals surface area contributed by atoms with Gasteiger partial charge < -0.3 is 10.5 Å². The zero-order valence-corrected chi connectivity index (χ0v) is 13.1. The van der Waals surface area contributed by atoms with E-state index in [9.17, 15) is 4.79 Å². The SMILES string of the molecule is CCOC(=O)c1sc(-c2cc(C)cc(C)c2)c(C)c1N. The average Bonchev–Trinajstić information content (AvgIpc) is 2.66. The normalized spacial score (nSPS) is 10.6. The van der Waals surface area contributed by atoms with E-state index in [1.165, 1.54) is 22.5 Å². The summed E-state index contributed by atoms with van der Waals surface area (Å²) in [4.78, 5) is 13.4. The monoisotopic (exact) mass is 289 g/mol. The third kappa shape index (κ3) is 2.70. The molecule has 0 saturated heterocycles. The van der Waals surface area contributed by atoms with Gasteiger partial charge in [0, 0.05) is 4.88 Å². The summed E-state index contributed by atoms with van der Waals surface area (Å²) in [5.41, 5.74) is 11.0. The maximum Gasteiger partial charge on any atom is 0.350 e. The van der Waals surface area contributed by atoms with Crippen molar-refractivity contribution in [2.24, 2.45) is 0 Å². The predicted octanol–water partition coefficient (Wildman–Crippen LogP) is 4.10. The minimum atomic E-state index is -0.339. The van der Waals surface area contributed by atoms with Crippen molar-refractivity contribution >= 4 is 23.0 Å². The molecule has 0 aliphatic carbocycles. The Morgan fingerprint density at radius 3 is 2.35 bits per heavy atom. The fourth-order valence-electron chi connectivity index (χ4n) is 2.26. The van der Waals surface area contributed by atoms with Crippen molar-refractivity contribution in [3.63, 3.8) is 0 Å². The number of hydrogen-bond donors (Lipinski definition) is 1. The lowest BCUT2D eigenvalue weighted by Gasteiger charge is -2.04. The molecule has 0 spiro atoms. The molecule has 0 saturated carbocycles. The number of carbonyl (C=O) groups excluding carboxylic acids is 1. The van der Waals surface area contributed by atoms with Crippen LogP contribution in [-0.4, -0.2) is 12.6 Å². The highest BCUT2D eigenvalue weighted by Crippen LogP contribution is 2.39. The van der Waals surface area contributed by atoms with Gasteiger partial charge in [-0.15, -0.1) is 11.3 Å². The van der Waals surface area contributed by atoms with E-state index in [0.29, 0.717) is 17.2 Å².